The summed E-state index contributed by atoms with van der Waals surface area (Å²) < 4.78 is 12.6. The number of piperazine rings is 1. The Balaban J connectivity index is 2.16. The van der Waals surface area contributed by atoms with Crippen molar-refractivity contribution in [3.05, 3.63) is 18.2 Å². The highest BCUT2D eigenvalue weighted by molar-refractivity contribution is 5.31. The summed E-state index contributed by atoms with van der Waals surface area (Å²) in [6, 6.07) is 0.356. The van der Waals surface area contributed by atoms with E-state index >= 15 is 0 Å². The van der Waals surface area contributed by atoms with Crippen LogP contribution < -0.4 is 10.2 Å². The molecule has 1 aliphatic rings. The first-order chi connectivity index (χ1) is 6.77. The van der Waals surface area contributed by atoms with Crippen LogP contribution in [0.15, 0.2) is 12.4 Å². The second kappa shape index (κ2) is 3.88. The number of nitrogens with zero attached hydrogens (tertiary/aromatic N) is 3. The van der Waals surface area contributed by atoms with Crippen LogP contribution in [-0.2, 0) is 0 Å². The molecule has 4 nitrogen and oxygen atoms in total. The Morgan fingerprint density at radius 1 is 1.50 bits per heavy atom. The molecule has 1 atom stereocenters. The largest absolute Gasteiger partial charge is 0.336 e. The van der Waals surface area contributed by atoms with Crippen molar-refractivity contribution in [2.24, 2.45) is 0 Å². The number of nitrogens with one attached hydrogen (secondary N) is 1. The molecule has 1 aromatic rings. The summed E-state index contributed by atoms with van der Waals surface area (Å²) >= 11 is 0. The molecule has 0 saturated carbocycles. The average molecular weight is 196 g/mol. The third kappa shape index (κ3) is 1.82. The minimum atomic E-state index is -0.392. The molecule has 14 heavy (non-hydrogen) atoms. The maximum atomic E-state index is 12.6. The summed E-state index contributed by atoms with van der Waals surface area (Å²) in [5.74, 6) is 0.219. The van der Waals surface area contributed by atoms with Crippen molar-refractivity contribution in [3.63, 3.8) is 0 Å². The molecule has 0 radical (unpaired) electrons. The first kappa shape index (κ1) is 9.33. The summed E-state index contributed by atoms with van der Waals surface area (Å²) in [5, 5.41) is 3.27. The van der Waals surface area contributed by atoms with Gasteiger partial charge >= 0.3 is 0 Å². The quantitative estimate of drug-likeness (QED) is 0.706. The van der Waals surface area contributed by atoms with E-state index in [1.54, 1.807) is 0 Å². The molecule has 0 unspecified atom stereocenters. The molecule has 0 aromatic carbocycles. The monoisotopic (exact) mass is 196 g/mol. The van der Waals surface area contributed by atoms with Crippen molar-refractivity contribution in [1.29, 1.82) is 0 Å². The van der Waals surface area contributed by atoms with Crippen molar-refractivity contribution >= 4 is 5.95 Å². The molecule has 0 aliphatic carbocycles. The zero-order valence-electron chi connectivity index (χ0n) is 8.07. The van der Waals surface area contributed by atoms with E-state index in [0.717, 1.165) is 19.6 Å². The van der Waals surface area contributed by atoms with Crippen LogP contribution in [0.1, 0.15) is 6.92 Å². The van der Waals surface area contributed by atoms with E-state index < -0.39 is 5.82 Å². The number of halogens is 1. The fourth-order valence-electron chi connectivity index (χ4n) is 1.59. The number of hydrogen-bond acceptors (Lipinski definition) is 4. The standard InChI is InChI=1S/C9H13FN4/c1-7-4-11-2-3-14(7)9-12-5-8(10)6-13-9/h5-7,11H,2-4H2,1H3/t7-/m1/s1. The number of aromatic nitrogens is 2. The summed E-state index contributed by atoms with van der Waals surface area (Å²) in [4.78, 5) is 10.0. The van der Waals surface area contributed by atoms with Gasteiger partial charge in [-0.05, 0) is 6.92 Å². The predicted octanol–water partition coefficient (Wildman–Crippen LogP) is 0.414. The molecular formula is C9H13FN4. The van der Waals surface area contributed by atoms with E-state index in [1.165, 1.54) is 12.4 Å². The van der Waals surface area contributed by atoms with Gasteiger partial charge in [0.2, 0.25) is 5.95 Å². The van der Waals surface area contributed by atoms with Gasteiger partial charge in [-0.25, -0.2) is 14.4 Å². The smallest absolute Gasteiger partial charge is 0.225 e. The molecule has 1 fully saturated rings. The fourth-order valence-corrected chi connectivity index (χ4v) is 1.59. The van der Waals surface area contributed by atoms with Crippen LogP contribution in [0.5, 0.6) is 0 Å². The van der Waals surface area contributed by atoms with E-state index in [1.807, 2.05) is 0 Å². The van der Waals surface area contributed by atoms with Gasteiger partial charge < -0.3 is 10.2 Å². The molecule has 0 bridgehead atoms. The van der Waals surface area contributed by atoms with Gasteiger partial charge in [-0.3, -0.25) is 0 Å². The first-order valence-electron chi connectivity index (χ1n) is 4.72. The molecular weight excluding hydrogens is 183 g/mol. The lowest BCUT2D eigenvalue weighted by Gasteiger charge is -2.33. The molecule has 1 saturated heterocycles. The zero-order chi connectivity index (χ0) is 9.97. The van der Waals surface area contributed by atoms with E-state index in [-0.39, 0.29) is 0 Å². The number of hydrogen-bond donors (Lipinski definition) is 1. The van der Waals surface area contributed by atoms with Crippen LogP contribution >= 0.6 is 0 Å². The number of anilines is 1. The molecule has 0 spiro atoms. The minimum absolute atomic E-state index is 0.356. The predicted molar refractivity (Wildman–Crippen MR) is 51.7 cm³/mol. The van der Waals surface area contributed by atoms with Crippen LogP contribution in [0.4, 0.5) is 10.3 Å². The third-order valence-electron chi connectivity index (χ3n) is 2.36. The van der Waals surface area contributed by atoms with Crippen molar-refractivity contribution < 1.29 is 4.39 Å². The second-order valence-corrected chi connectivity index (χ2v) is 3.45. The Morgan fingerprint density at radius 2 is 2.21 bits per heavy atom. The lowest BCUT2D eigenvalue weighted by molar-refractivity contribution is 0.491. The molecule has 1 N–H and O–H groups in total. The Morgan fingerprint density at radius 3 is 2.86 bits per heavy atom. The van der Waals surface area contributed by atoms with Crippen molar-refractivity contribution in [2.75, 3.05) is 24.5 Å². The highest BCUT2D eigenvalue weighted by Crippen LogP contribution is 2.11. The van der Waals surface area contributed by atoms with Crippen molar-refractivity contribution in [3.8, 4) is 0 Å². The minimum Gasteiger partial charge on any atom is -0.336 e. The van der Waals surface area contributed by atoms with Crippen LogP contribution in [-0.4, -0.2) is 35.6 Å². The SMILES string of the molecule is C[C@@H]1CNCCN1c1ncc(F)cn1. The molecule has 2 heterocycles. The highest BCUT2D eigenvalue weighted by Gasteiger charge is 2.19. The van der Waals surface area contributed by atoms with Gasteiger partial charge in [0.05, 0.1) is 12.4 Å². The maximum absolute atomic E-state index is 12.6. The van der Waals surface area contributed by atoms with Gasteiger partial charge in [-0.1, -0.05) is 0 Å². The van der Waals surface area contributed by atoms with Gasteiger partial charge in [0.15, 0.2) is 5.82 Å². The summed E-state index contributed by atoms with van der Waals surface area (Å²) in [6.07, 6.45) is 2.41. The fraction of sp³-hybridized carbons (Fsp3) is 0.556. The van der Waals surface area contributed by atoms with Gasteiger partial charge in [0, 0.05) is 25.7 Å². The number of rotatable bonds is 1. The Kier molecular flexibility index (Phi) is 2.58. The first-order valence-corrected chi connectivity index (χ1v) is 4.72. The Labute approximate surface area is 82.2 Å². The topological polar surface area (TPSA) is 41.0 Å². The lowest BCUT2D eigenvalue weighted by Crippen LogP contribution is -2.50. The maximum Gasteiger partial charge on any atom is 0.225 e. The molecule has 2 rings (SSSR count). The summed E-state index contributed by atoms with van der Waals surface area (Å²) in [7, 11) is 0. The van der Waals surface area contributed by atoms with Gasteiger partial charge in [-0.15, -0.1) is 0 Å². The van der Waals surface area contributed by atoms with E-state index in [0.29, 0.717) is 12.0 Å². The molecule has 0 amide bonds. The zero-order valence-corrected chi connectivity index (χ0v) is 8.07. The van der Waals surface area contributed by atoms with E-state index in [9.17, 15) is 4.39 Å². The highest BCUT2D eigenvalue weighted by atomic mass is 19.1. The third-order valence-corrected chi connectivity index (χ3v) is 2.36. The summed E-state index contributed by atoms with van der Waals surface area (Å²) in [5.41, 5.74) is 0. The van der Waals surface area contributed by atoms with E-state index in [2.05, 4.69) is 27.1 Å². The van der Waals surface area contributed by atoms with Crippen molar-refractivity contribution in [1.82, 2.24) is 15.3 Å². The normalized spacial score (nSPS) is 22.4. The summed E-state index contributed by atoms with van der Waals surface area (Å²) in [6.45, 7) is 4.80. The Bertz CT molecular complexity index is 300. The van der Waals surface area contributed by atoms with Crippen LogP contribution in [0.2, 0.25) is 0 Å². The molecule has 5 heteroatoms. The molecule has 1 aliphatic heterocycles. The van der Waals surface area contributed by atoms with Gasteiger partial charge in [0.1, 0.15) is 0 Å². The van der Waals surface area contributed by atoms with E-state index in [4.69, 9.17) is 0 Å². The van der Waals surface area contributed by atoms with Gasteiger partial charge in [0.25, 0.3) is 0 Å². The second-order valence-electron chi connectivity index (χ2n) is 3.45. The van der Waals surface area contributed by atoms with Crippen molar-refractivity contribution in [2.45, 2.75) is 13.0 Å². The Hall–Kier alpha value is -1.23. The lowest BCUT2D eigenvalue weighted by atomic mass is 10.2. The van der Waals surface area contributed by atoms with Gasteiger partial charge in [-0.2, -0.15) is 0 Å². The average Bonchev–Trinajstić information content (AvgIpc) is 2.20. The van der Waals surface area contributed by atoms with Crippen LogP contribution in [0, 0.1) is 5.82 Å². The molecule has 76 valence electrons. The molecule has 1 aromatic heterocycles. The van der Waals surface area contributed by atoms with Crippen LogP contribution in [0.3, 0.4) is 0 Å². The van der Waals surface area contributed by atoms with Crippen LogP contribution in [0.25, 0.3) is 0 Å².